The van der Waals surface area contributed by atoms with Gasteiger partial charge in [0.15, 0.2) is 5.58 Å². The molecule has 1 aromatic heterocycles. The molecule has 0 saturated carbocycles. The van der Waals surface area contributed by atoms with Gasteiger partial charge in [0.25, 0.3) is 0 Å². The van der Waals surface area contributed by atoms with Crippen molar-refractivity contribution in [2.45, 2.75) is 0 Å². The first-order chi connectivity index (χ1) is 6.72. The van der Waals surface area contributed by atoms with E-state index >= 15 is 0 Å². The van der Waals surface area contributed by atoms with E-state index in [0.29, 0.717) is 10.6 Å². The highest BCUT2D eigenvalue weighted by atomic mass is 35.5. The second kappa shape index (κ2) is 3.35. The minimum atomic E-state index is -0.503. The predicted molar refractivity (Wildman–Crippen MR) is 52.6 cm³/mol. The van der Waals surface area contributed by atoms with Crippen LogP contribution in [0.4, 0.5) is 0 Å². The summed E-state index contributed by atoms with van der Waals surface area (Å²) in [5.41, 5.74) is 0.509. The summed E-state index contributed by atoms with van der Waals surface area (Å²) in [7, 11) is 1.30. The van der Waals surface area contributed by atoms with Gasteiger partial charge in [0.1, 0.15) is 0 Å². The average Bonchev–Trinajstić information content (AvgIpc) is 2.62. The summed E-state index contributed by atoms with van der Waals surface area (Å²) in [6.07, 6.45) is 0. The van der Waals surface area contributed by atoms with Gasteiger partial charge in [-0.25, -0.2) is 4.79 Å². The SMILES string of the molecule is COC(=O)c1cc2cccc(Cl)c2o1. The van der Waals surface area contributed by atoms with Crippen LogP contribution in [0.25, 0.3) is 11.0 Å². The number of carbonyl (C=O) groups excluding carboxylic acids is 1. The Morgan fingerprint density at radius 1 is 1.50 bits per heavy atom. The lowest BCUT2D eigenvalue weighted by molar-refractivity contribution is 0.0567. The largest absolute Gasteiger partial charge is 0.463 e. The van der Waals surface area contributed by atoms with Crippen molar-refractivity contribution < 1.29 is 13.9 Å². The number of benzene rings is 1. The summed E-state index contributed by atoms with van der Waals surface area (Å²) in [6, 6.07) is 6.92. The van der Waals surface area contributed by atoms with Crippen molar-refractivity contribution in [3.63, 3.8) is 0 Å². The van der Waals surface area contributed by atoms with Gasteiger partial charge in [-0.3, -0.25) is 0 Å². The Bertz CT molecular complexity index is 487. The lowest BCUT2D eigenvalue weighted by atomic mass is 10.2. The minimum absolute atomic E-state index is 0.163. The summed E-state index contributed by atoms with van der Waals surface area (Å²) in [4.78, 5) is 11.1. The van der Waals surface area contributed by atoms with Crippen LogP contribution in [0.15, 0.2) is 28.7 Å². The lowest BCUT2D eigenvalue weighted by Crippen LogP contribution is -1.97. The molecule has 1 heterocycles. The van der Waals surface area contributed by atoms with Crippen molar-refractivity contribution in [1.82, 2.24) is 0 Å². The lowest BCUT2D eigenvalue weighted by Gasteiger charge is -1.91. The van der Waals surface area contributed by atoms with E-state index < -0.39 is 5.97 Å². The van der Waals surface area contributed by atoms with Crippen LogP contribution in [0.1, 0.15) is 10.6 Å². The van der Waals surface area contributed by atoms with E-state index in [9.17, 15) is 4.79 Å². The first-order valence-corrected chi connectivity index (χ1v) is 4.36. The summed E-state index contributed by atoms with van der Waals surface area (Å²) >= 11 is 5.87. The molecule has 0 radical (unpaired) electrons. The number of fused-ring (bicyclic) bond motifs is 1. The second-order valence-corrected chi connectivity index (χ2v) is 3.17. The molecule has 0 N–H and O–H groups in total. The van der Waals surface area contributed by atoms with Crippen molar-refractivity contribution in [2.24, 2.45) is 0 Å². The Labute approximate surface area is 85.2 Å². The smallest absolute Gasteiger partial charge is 0.373 e. The second-order valence-electron chi connectivity index (χ2n) is 2.76. The van der Waals surface area contributed by atoms with E-state index in [1.807, 2.05) is 6.07 Å². The van der Waals surface area contributed by atoms with Crippen LogP contribution in [0, 0.1) is 0 Å². The molecule has 0 bridgehead atoms. The number of para-hydroxylation sites is 1. The van der Waals surface area contributed by atoms with Gasteiger partial charge in [0, 0.05) is 5.39 Å². The molecule has 0 amide bonds. The highest BCUT2D eigenvalue weighted by Gasteiger charge is 2.13. The standard InChI is InChI=1S/C10H7ClO3/c1-13-10(12)8-5-6-3-2-4-7(11)9(6)14-8/h2-5H,1H3. The maximum atomic E-state index is 11.1. The van der Waals surface area contributed by atoms with Crippen LogP contribution in [0.5, 0.6) is 0 Å². The van der Waals surface area contributed by atoms with Crippen molar-refractivity contribution in [2.75, 3.05) is 7.11 Å². The molecule has 0 aliphatic carbocycles. The topological polar surface area (TPSA) is 39.4 Å². The summed E-state index contributed by atoms with van der Waals surface area (Å²) < 4.78 is 9.77. The Hall–Kier alpha value is -1.48. The zero-order chi connectivity index (χ0) is 10.1. The molecule has 0 spiro atoms. The molecule has 0 fully saturated rings. The summed E-state index contributed by atoms with van der Waals surface area (Å²) in [5, 5.41) is 1.27. The van der Waals surface area contributed by atoms with E-state index in [1.54, 1.807) is 18.2 Å². The van der Waals surface area contributed by atoms with Gasteiger partial charge in [-0.1, -0.05) is 23.7 Å². The third kappa shape index (κ3) is 1.36. The van der Waals surface area contributed by atoms with Crippen molar-refractivity contribution in [3.05, 3.63) is 35.0 Å². The number of hydrogen-bond donors (Lipinski definition) is 0. The molecule has 0 unspecified atom stereocenters. The summed E-state index contributed by atoms with van der Waals surface area (Å²) in [5.74, 6) is -0.340. The van der Waals surface area contributed by atoms with Gasteiger partial charge in [-0.15, -0.1) is 0 Å². The van der Waals surface area contributed by atoms with E-state index in [-0.39, 0.29) is 5.76 Å². The third-order valence-electron chi connectivity index (χ3n) is 1.88. The number of carbonyl (C=O) groups is 1. The van der Waals surface area contributed by atoms with E-state index in [4.69, 9.17) is 16.0 Å². The zero-order valence-electron chi connectivity index (χ0n) is 7.41. The fourth-order valence-corrected chi connectivity index (χ4v) is 1.45. The number of ether oxygens (including phenoxy) is 1. The quantitative estimate of drug-likeness (QED) is 0.680. The van der Waals surface area contributed by atoms with Crippen molar-refractivity contribution in [3.8, 4) is 0 Å². The molecule has 1 aromatic carbocycles. The fourth-order valence-electron chi connectivity index (χ4n) is 1.23. The Balaban J connectivity index is 2.62. The Morgan fingerprint density at radius 2 is 2.29 bits per heavy atom. The Morgan fingerprint density at radius 3 is 2.93 bits per heavy atom. The molecular formula is C10H7ClO3. The maximum absolute atomic E-state index is 11.1. The fraction of sp³-hybridized carbons (Fsp3) is 0.100. The van der Waals surface area contributed by atoms with Crippen LogP contribution < -0.4 is 0 Å². The highest BCUT2D eigenvalue weighted by molar-refractivity contribution is 6.34. The molecule has 3 nitrogen and oxygen atoms in total. The monoisotopic (exact) mass is 210 g/mol. The third-order valence-corrected chi connectivity index (χ3v) is 2.18. The number of furan rings is 1. The molecular weight excluding hydrogens is 204 g/mol. The number of methoxy groups -OCH3 is 1. The Kier molecular flexibility index (Phi) is 2.17. The van der Waals surface area contributed by atoms with E-state index in [2.05, 4.69) is 4.74 Å². The number of halogens is 1. The summed E-state index contributed by atoms with van der Waals surface area (Å²) in [6.45, 7) is 0. The van der Waals surface area contributed by atoms with Gasteiger partial charge in [-0.05, 0) is 12.1 Å². The van der Waals surface area contributed by atoms with Crippen LogP contribution in [0.3, 0.4) is 0 Å². The molecule has 2 aromatic rings. The van der Waals surface area contributed by atoms with Crippen molar-refractivity contribution >= 4 is 28.5 Å². The normalized spacial score (nSPS) is 10.4. The number of esters is 1. The van der Waals surface area contributed by atoms with Crippen LogP contribution >= 0.6 is 11.6 Å². The van der Waals surface area contributed by atoms with Gasteiger partial charge in [-0.2, -0.15) is 0 Å². The molecule has 0 aliphatic heterocycles. The van der Waals surface area contributed by atoms with Gasteiger partial charge in [0.05, 0.1) is 12.1 Å². The zero-order valence-corrected chi connectivity index (χ0v) is 8.17. The maximum Gasteiger partial charge on any atom is 0.373 e. The van der Waals surface area contributed by atoms with Gasteiger partial charge >= 0.3 is 5.97 Å². The molecule has 0 saturated heterocycles. The minimum Gasteiger partial charge on any atom is -0.463 e. The van der Waals surface area contributed by atoms with Crippen LogP contribution in [-0.4, -0.2) is 13.1 Å². The van der Waals surface area contributed by atoms with Crippen LogP contribution in [0.2, 0.25) is 5.02 Å². The van der Waals surface area contributed by atoms with Crippen molar-refractivity contribution in [1.29, 1.82) is 0 Å². The highest BCUT2D eigenvalue weighted by Crippen LogP contribution is 2.26. The first kappa shape index (κ1) is 9.09. The molecule has 72 valence electrons. The molecule has 14 heavy (non-hydrogen) atoms. The molecule has 4 heteroatoms. The number of hydrogen-bond acceptors (Lipinski definition) is 3. The number of rotatable bonds is 1. The van der Waals surface area contributed by atoms with Crippen LogP contribution in [-0.2, 0) is 4.74 Å². The van der Waals surface area contributed by atoms with E-state index in [0.717, 1.165) is 5.39 Å². The van der Waals surface area contributed by atoms with Gasteiger partial charge in [0.2, 0.25) is 5.76 Å². The predicted octanol–water partition coefficient (Wildman–Crippen LogP) is 2.87. The van der Waals surface area contributed by atoms with Gasteiger partial charge < -0.3 is 9.15 Å². The molecule has 0 atom stereocenters. The molecule has 2 rings (SSSR count). The average molecular weight is 211 g/mol. The first-order valence-electron chi connectivity index (χ1n) is 3.99. The van der Waals surface area contributed by atoms with E-state index in [1.165, 1.54) is 7.11 Å². The molecule has 0 aliphatic rings.